The first-order valence-electron chi connectivity index (χ1n) is 9.42. The number of carbonyl (C=O) groups is 1. The number of unbranched alkanes of at least 4 members (excludes halogenated alkanes) is 2. The van der Waals surface area contributed by atoms with Crippen molar-refractivity contribution in [2.75, 3.05) is 32.7 Å². The van der Waals surface area contributed by atoms with E-state index < -0.39 is 0 Å². The third kappa shape index (κ3) is 8.77. The van der Waals surface area contributed by atoms with Crippen LogP contribution in [0.4, 0.5) is 0 Å². The monoisotopic (exact) mass is 310 g/mol. The van der Waals surface area contributed by atoms with Gasteiger partial charge < -0.3 is 9.80 Å². The molecule has 1 aliphatic rings. The van der Waals surface area contributed by atoms with Crippen molar-refractivity contribution in [1.82, 2.24) is 9.80 Å². The molecule has 0 spiro atoms. The number of rotatable bonds is 9. The molecule has 1 saturated heterocycles. The molecule has 3 heteroatoms. The van der Waals surface area contributed by atoms with Crippen LogP contribution in [-0.2, 0) is 4.79 Å². The van der Waals surface area contributed by atoms with Gasteiger partial charge in [-0.05, 0) is 57.2 Å². The smallest absolute Gasteiger partial charge is 0.223 e. The van der Waals surface area contributed by atoms with Crippen molar-refractivity contribution in [3.63, 3.8) is 0 Å². The summed E-state index contributed by atoms with van der Waals surface area (Å²) in [6.07, 6.45) is 9.47. The Morgan fingerprint density at radius 1 is 1.00 bits per heavy atom. The zero-order valence-corrected chi connectivity index (χ0v) is 15.5. The number of piperidine rings is 1. The first kappa shape index (κ1) is 19.5. The zero-order valence-electron chi connectivity index (χ0n) is 15.5. The van der Waals surface area contributed by atoms with Gasteiger partial charge in [-0.1, -0.05) is 40.5 Å². The van der Waals surface area contributed by atoms with Crippen molar-refractivity contribution in [2.45, 2.75) is 79.1 Å². The van der Waals surface area contributed by atoms with E-state index in [0.29, 0.717) is 12.3 Å². The molecular weight excluding hydrogens is 272 g/mol. The largest absolute Gasteiger partial charge is 0.343 e. The van der Waals surface area contributed by atoms with Crippen LogP contribution in [0.5, 0.6) is 0 Å². The van der Waals surface area contributed by atoms with E-state index in [2.05, 4.69) is 37.5 Å². The van der Waals surface area contributed by atoms with Crippen LogP contribution in [0.3, 0.4) is 0 Å². The highest BCUT2D eigenvalue weighted by Crippen LogP contribution is 2.20. The normalized spacial score (nSPS) is 16.7. The predicted octanol–water partition coefficient (Wildman–Crippen LogP) is 4.32. The molecule has 0 radical (unpaired) electrons. The zero-order chi connectivity index (χ0) is 16.4. The number of hydrogen-bond donors (Lipinski definition) is 0. The highest BCUT2D eigenvalue weighted by Gasteiger charge is 2.20. The summed E-state index contributed by atoms with van der Waals surface area (Å²) >= 11 is 0. The summed E-state index contributed by atoms with van der Waals surface area (Å²) in [5, 5.41) is 0. The molecule has 0 bridgehead atoms. The van der Waals surface area contributed by atoms with Gasteiger partial charge in [-0.25, -0.2) is 0 Å². The highest BCUT2D eigenvalue weighted by atomic mass is 16.2. The summed E-state index contributed by atoms with van der Waals surface area (Å²) in [6, 6.07) is 0. The molecule has 0 aromatic rings. The van der Waals surface area contributed by atoms with Crippen LogP contribution >= 0.6 is 0 Å². The SMILES string of the molecule is CCCCN(CCCCN1CCCCC1)C(=O)CC(C)(C)C. The second kappa shape index (κ2) is 10.3. The van der Waals surface area contributed by atoms with Crippen LogP contribution in [0.2, 0.25) is 0 Å². The van der Waals surface area contributed by atoms with Gasteiger partial charge in [0, 0.05) is 19.5 Å². The van der Waals surface area contributed by atoms with E-state index in [-0.39, 0.29) is 5.41 Å². The molecular formula is C19H38N2O. The molecule has 1 fully saturated rings. The molecule has 0 aromatic carbocycles. The maximum Gasteiger partial charge on any atom is 0.223 e. The molecule has 0 saturated carbocycles. The molecule has 1 amide bonds. The molecule has 0 atom stereocenters. The van der Waals surface area contributed by atoms with Gasteiger partial charge in [-0.2, -0.15) is 0 Å². The number of likely N-dealkylation sites (tertiary alicyclic amines) is 1. The van der Waals surface area contributed by atoms with E-state index in [0.717, 1.165) is 32.4 Å². The molecule has 3 nitrogen and oxygen atoms in total. The summed E-state index contributed by atoms with van der Waals surface area (Å²) in [5.41, 5.74) is 0.0926. The lowest BCUT2D eigenvalue weighted by Gasteiger charge is -2.28. The molecule has 1 rings (SSSR count). The molecule has 0 aliphatic carbocycles. The van der Waals surface area contributed by atoms with Gasteiger partial charge in [-0.15, -0.1) is 0 Å². The first-order valence-corrected chi connectivity index (χ1v) is 9.42. The van der Waals surface area contributed by atoms with Crippen LogP contribution in [0, 0.1) is 5.41 Å². The lowest BCUT2D eigenvalue weighted by atomic mass is 9.91. The van der Waals surface area contributed by atoms with Gasteiger partial charge >= 0.3 is 0 Å². The summed E-state index contributed by atoms with van der Waals surface area (Å²) in [4.78, 5) is 17.2. The molecule has 22 heavy (non-hydrogen) atoms. The van der Waals surface area contributed by atoms with E-state index in [1.165, 1.54) is 45.3 Å². The van der Waals surface area contributed by atoms with Gasteiger partial charge in [0.2, 0.25) is 5.91 Å². The van der Waals surface area contributed by atoms with Crippen LogP contribution in [0.25, 0.3) is 0 Å². The van der Waals surface area contributed by atoms with Crippen LogP contribution in [-0.4, -0.2) is 48.4 Å². The topological polar surface area (TPSA) is 23.6 Å². The minimum absolute atomic E-state index is 0.0926. The summed E-state index contributed by atoms with van der Waals surface area (Å²) in [6.45, 7) is 14.3. The molecule has 1 heterocycles. The lowest BCUT2D eigenvalue weighted by molar-refractivity contribution is -0.133. The summed E-state index contributed by atoms with van der Waals surface area (Å²) in [7, 11) is 0. The fraction of sp³-hybridized carbons (Fsp3) is 0.947. The van der Waals surface area contributed by atoms with Gasteiger partial charge in [0.25, 0.3) is 0 Å². The molecule has 0 N–H and O–H groups in total. The quantitative estimate of drug-likeness (QED) is 0.592. The predicted molar refractivity (Wildman–Crippen MR) is 95.1 cm³/mol. The number of amides is 1. The average molecular weight is 311 g/mol. The third-order valence-corrected chi connectivity index (χ3v) is 4.42. The van der Waals surface area contributed by atoms with E-state index in [1.54, 1.807) is 0 Å². The second-order valence-corrected chi connectivity index (χ2v) is 8.08. The van der Waals surface area contributed by atoms with E-state index in [4.69, 9.17) is 0 Å². The Labute approximate surface area is 138 Å². The van der Waals surface area contributed by atoms with Crippen molar-refractivity contribution in [2.24, 2.45) is 5.41 Å². The van der Waals surface area contributed by atoms with Crippen molar-refractivity contribution >= 4 is 5.91 Å². The van der Waals surface area contributed by atoms with Gasteiger partial charge in [0.1, 0.15) is 0 Å². The molecule has 1 aliphatic heterocycles. The third-order valence-electron chi connectivity index (χ3n) is 4.42. The Morgan fingerprint density at radius 3 is 2.23 bits per heavy atom. The second-order valence-electron chi connectivity index (χ2n) is 8.08. The fourth-order valence-electron chi connectivity index (χ4n) is 3.10. The molecule has 0 unspecified atom stereocenters. The lowest BCUT2D eigenvalue weighted by Crippen LogP contribution is -2.36. The fourth-order valence-corrected chi connectivity index (χ4v) is 3.10. The Hall–Kier alpha value is -0.570. The van der Waals surface area contributed by atoms with Gasteiger partial charge in [0.15, 0.2) is 0 Å². The van der Waals surface area contributed by atoms with Gasteiger partial charge in [-0.3, -0.25) is 4.79 Å². The van der Waals surface area contributed by atoms with E-state index in [9.17, 15) is 4.79 Å². The molecule has 130 valence electrons. The number of hydrogen-bond acceptors (Lipinski definition) is 2. The van der Waals surface area contributed by atoms with Crippen molar-refractivity contribution in [1.29, 1.82) is 0 Å². The minimum Gasteiger partial charge on any atom is -0.343 e. The van der Waals surface area contributed by atoms with E-state index >= 15 is 0 Å². The standard InChI is InChI=1S/C19H38N2O/c1-5-6-15-21(18(22)17-19(2,3)4)16-11-10-14-20-12-8-7-9-13-20/h5-17H2,1-4H3. The van der Waals surface area contributed by atoms with Crippen molar-refractivity contribution in [3.8, 4) is 0 Å². The van der Waals surface area contributed by atoms with Crippen molar-refractivity contribution < 1.29 is 4.79 Å². The van der Waals surface area contributed by atoms with Crippen LogP contribution < -0.4 is 0 Å². The Bertz CT molecular complexity index is 303. The number of carbonyl (C=O) groups excluding carboxylic acids is 1. The summed E-state index contributed by atoms with van der Waals surface area (Å²) < 4.78 is 0. The van der Waals surface area contributed by atoms with Crippen molar-refractivity contribution in [3.05, 3.63) is 0 Å². The highest BCUT2D eigenvalue weighted by molar-refractivity contribution is 5.76. The maximum atomic E-state index is 12.5. The minimum atomic E-state index is 0.0926. The summed E-state index contributed by atoms with van der Waals surface area (Å²) in [5.74, 6) is 0.346. The number of nitrogens with zero attached hydrogens (tertiary/aromatic N) is 2. The Morgan fingerprint density at radius 2 is 1.64 bits per heavy atom. The Kier molecular flexibility index (Phi) is 9.08. The van der Waals surface area contributed by atoms with Gasteiger partial charge in [0.05, 0.1) is 0 Å². The maximum absolute atomic E-state index is 12.5. The molecule has 0 aromatic heterocycles. The Balaban J connectivity index is 2.29. The van der Waals surface area contributed by atoms with Crippen LogP contribution in [0.15, 0.2) is 0 Å². The van der Waals surface area contributed by atoms with E-state index in [1.807, 2.05) is 0 Å². The van der Waals surface area contributed by atoms with Crippen LogP contribution in [0.1, 0.15) is 79.1 Å². The first-order chi connectivity index (χ1) is 10.4. The average Bonchev–Trinajstić information content (AvgIpc) is 2.45.